The van der Waals surface area contributed by atoms with Gasteiger partial charge >= 0.3 is 0 Å². The molecular formula is C19H25N3O3. The Morgan fingerprint density at radius 1 is 1.20 bits per heavy atom. The average molecular weight is 343 g/mol. The molecule has 0 radical (unpaired) electrons. The zero-order valence-electron chi connectivity index (χ0n) is 14.5. The third-order valence-electron chi connectivity index (χ3n) is 5.30. The zero-order valence-corrected chi connectivity index (χ0v) is 14.5. The highest BCUT2D eigenvalue weighted by Gasteiger charge is 2.38. The molecule has 25 heavy (non-hydrogen) atoms. The number of rotatable bonds is 4. The number of hydrogen-bond acceptors (Lipinski definition) is 3. The lowest BCUT2D eigenvalue weighted by atomic mass is 9.72. The summed E-state index contributed by atoms with van der Waals surface area (Å²) in [6.45, 7) is 2.09. The van der Waals surface area contributed by atoms with Crippen LogP contribution in [-0.4, -0.2) is 36.3 Å². The number of amides is 3. The number of carbonyl (C=O) groups is 3. The quantitative estimate of drug-likeness (QED) is 0.768. The summed E-state index contributed by atoms with van der Waals surface area (Å²) < 4.78 is 0. The van der Waals surface area contributed by atoms with Crippen LogP contribution in [0.5, 0.6) is 0 Å². The molecule has 4 atom stereocenters. The Labute approximate surface area is 147 Å². The van der Waals surface area contributed by atoms with Crippen LogP contribution in [0.3, 0.4) is 0 Å². The van der Waals surface area contributed by atoms with Gasteiger partial charge < -0.3 is 16.0 Å². The molecule has 3 N–H and O–H groups in total. The molecule has 1 saturated heterocycles. The molecular weight excluding hydrogens is 318 g/mol. The van der Waals surface area contributed by atoms with Crippen LogP contribution in [-0.2, 0) is 9.59 Å². The second kappa shape index (κ2) is 7.68. The van der Waals surface area contributed by atoms with E-state index in [0.717, 1.165) is 19.3 Å². The molecule has 1 aromatic rings. The van der Waals surface area contributed by atoms with Gasteiger partial charge in [0.05, 0.1) is 6.54 Å². The number of carbonyl (C=O) groups excluding carboxylic acids is 3. The Balaban J connectivity index is 1.45. The van der Waals surface area contributed by atoms with Gasteiger partial charge in [-0.1, -0.05) is 25.1 Å². The Morgan fingerprint density at radius 3 is 2.72 bits per heavy atom. The van der Waals surface area contributed by atoms with Crippen LogP contribution in [0.1, 0.15) is 43.0 Å². The van der Waals surface area contributed by atoms with E-state index in [4.69, 9.17) is 0 Å². The van der Waals surface area contributed by atoms with Gasteiger partial charge in [-0.15, -0.1) is 0 Å². The molecule has 1 saturated carbocycles. The van der Waals surface area contributed by atoms with E-state index in [0.29, 0.717) is 23.8 Å². The number of fused-ring (bicyclic) bond motifs is 1. The highest BCUT2D eigenvalue weighted by Crippen LogP contribution is 2.35. The fraction of sp³-hybridized carbons (Fsp3) is 0.526. The minimum absolute atomic E-state index is 0.0406. The van der Waals surface area contributed by atoms with Gasteiger partial charge in [0.25, 0.3) is 5.91 Å². The van der Waals surface area contributed by atoms with E-state index in [2.05, 4.69) is 22.9 Å². The van der Waals surface area contributed by atoms with Gasteiger partial charge in [0.1, 0.15) is 0 Å². The average Bonchev–Trinajstić information content (AvgIpc) is 2.60. The summed E-state index contributed by atoms with van der Waals surface area (Å²) in [6, 6.07) is 9.02. The van der Waals surface area contributed by atoms with Crippen LogP contribution in [0, 0.1) is 11.8 Å². The topological polar surface area (TPSA) is 87.3 Å². The molecule has 3 amide bonds. The molecule has 1 aromatic carbocycles. The second-order valence-electron chi connectivity index (χ2n) is 7.15. The molecule has 2 aliphatic rings. The van der Waals surface area contributed by atoms with E-state index < -0.39 is 0 Å². The number of hydrogen-bond donors (Lipinski definition) is 3. The van der Waals surface area contributed by atoms with E-state index in [9.17, 15) is 14.4 Å². The summed E-state index contributed by atoms with van der Waals surface area (Å²) in [4.78, 5) is 35.8. The highest BCUT2D eigenvalue weighted by molar-refractivity contribution is 5.96. The maximum atomic E-state index is 12.1. The van der Waals surface area contributed by atoms with Crippen molar-refractivity contribution >= 4 is 17.7 Å². The summed E-state index contributed by atoms with van der Waals surface area (Å²) in [7, 11) is 0. The van der Waals surface area contributed by atoms with E-state index >= 15 is 0 Å². The van der Waals surface area contributed by atoms with E-state index in [1.807, 2.05) is 6.07 Å². The fourth-order valence-corrected chi connectivity index (χ4v) is 4.01. The lowest BCUT2D eigenvalue weighted by Crippen LogP contribution is -2.55. The normalized spacial score (nSPS) is 28.4. The molecule has 4 unspecified atom stereocenters. The monoisotopic (exact) mass is 343 g/mol. The van der Waals surface area contributed by atoms with Crippen molar-refractivity contribution in [1.82, 2.24) is 16.0 Å². The molecule has 3 rings (SSSR count). The summed E-state index contributed by atoms with van der Waals surface area (Å²) in [6.07, 6.45) is 3.29. The highest BCUT2D eigenvalue weighted by atomic mass is 16.2. The van der Waals surface area contributed by atoms with Crippen LogP contribution in [0.15, 0.2) is 30.3 Å². The van der Waals surface area contributed by atoms with Gasteiger partial charge in [0, 0.05) is 24.1 Å². The largest absolute Gasteiger partial charge is 0.353 e. The maximum absolute atomic E-state index is 12.1. The lowest BCUT2D eigenvalue weighted by molar-refractivity contribution is -0.127. The van der Waals surface area contributed by atoms with Crippen molar-refractivity contribution in [1.29, 1.82) is 0 Å². The van der Waals surface area contributed by atoms with Crippen molar-refractivity contribution < 1.29 is 14.4 Å². The first-order valence-corrected chi connectivity index (χ1v) is 8.95. The van der Waals surface area contributed by atoms with Crippen LogP contribution in [0.25, 0.3) is 0 Å². The Kier molecular flexibility index (Phi) is 5.36. The predicted octanol–water partition coefficient (Wildman–Crippen LogP) is 1.23. The third kappa shape index (κ3) is 4.38. The maximum Gasteiger partial charge on any atom is 0.251 e. The molecule has 6 nitrogen and oxygen atoms in total. The van der Waals surface area contributed by atoms with Crippen molar-refractivity contribution in [3.05, 3.63) is 35.9 Å². The first-order valence-electron chi connectivity index (χ1n) is 8.95. The van der Waals surface area contributed by atoms with E-state index in [1.165, 1.54) is 0 Å². The van der Waals surface area contributed by atoms with Gasteiger partial charge in [0.2, 0.25) is 11.8 Å². The molecule has 2 fully saturated rings. The van der Waals surface area contributed by atoms with Crippen molar-refractivity contribution in [3.8, 4) is 0 Å². The van der Waals surface area contributed by atoms with Crippen LogP contribution in [0.4, 0.5) is 0 Å². The molecule has 134 valence electrons. The zero-order chi connectivity index (χ0) is 17.8. The number of benzene rings is 1. The second-order valence-corrected chi connectivity index (χ2v) is 7.15. The molecule has 0 spiro atoms. The molecule has 0 aromatic heterocycles. The van der Waals surface area contributed by atoms with E-state index in [1.54, 1.807) is 24.3 Å². The fourth-order valence-electron chi connectivity index (χ4n) is 4.01. The molecule has 6 heteroatoms. The van der Waals surface area contributed by atoms with Crippen molar-refractivity contribution in [2.24, 2.45) is 11.8 Å². The third-order valence-corrected chi connectivity index (χ3v) is 5.30. The van der Waals surface area contributed by atoms with E-state index in [-0.39, 0.29) is 36.3 Å². The molecule has 1 heterocycles. The molecule has 1 aliphatic carbocycles. The summed E-state index contributed by atoms with van der Waals surface area (Å²) in [5.74, 6) is 0.566. The molecule has 0 bridgehead atoms. The van der Waals surface area contributed by atoms with Crippen molar-refractivity contribution in [2.75, 3.05) is 6.54 Å². The Hall–Kier alpha value is -2.37. The minimum atomic E-state index is -0.257. The predicted molar refractivity (Wildman–Crippen MR) is 93.8 cm³/mol. The van der Waals surface area contributed by atoms with Gasteiger partial charge in [0.15, 0.2) is 0 Å². The first kappa shape index (κ1) is 17.5. The van der Waals surface area contributed by atoms with Gasteiger partial charge in [-0.25, -0.2) is 0 Å². The number of nitrogens with one attached hydrogen (secondary N) is 3. The minimum Gasteiger partial charge on any atom is -0.353 e. The van der Waals surface area contributed by atoms with Gasteiger partial charge in [-0.3, -0.25) is 14.4 Å². The van der Waals surface area contributed by atoms with Crippen molar-refractivity contribution in [3.63, 3.8) is 0 Å². The standard InChI is InChI=1S/C19H25N3O3/c1-12-9-17(23)22-16-10-14(7-8-15(12)16)21-18(24)11-20-19(25)13-5-3-2-4-6-13/h2-6,12,14-16H,7-11H2,1H3,(H,20,25)(H,21,24)(H,22,23). The first-order chi connectivity index (χ1) is 12.0. The smallest absolute Gasteiger partial charge is 0.251 e. The summed E-state index contributed by atoms with van der Waals surface area (Å²) in [5, 5.41) is 8.69. The Morgan fingerprint density at radius 2 is 1.96 bits per heavy atom. The van der Waals surface area contributed by atoms with Crippen LogP contribution < -0.4 is 16.0 Å². The van der Waals surface area contributed by atoms with Crippen LogP contribution >= 0.6 is 0 Å². The van der Waals surface area contributed by atoms with Gasteiger partial charge in [-0.05, 0) is 43.2 Å². The molecule has 1 aliphatic heterocycles. The van der Waals surface area contributed by atoms with Crippen LogP contribution in [0.2, 0.25) is 0 Å². The van der Waals surface area contributed by atoms with Crippen molar-refractivity contribution in [2.45, 2.75) is 44.7 Å². The summed E-state index contributed by atoms with van der Waals surface area (Å²) in [5.41, 5.74) is 0.537. The van der Waals surface area contributed by atoms with Gasteiger partial charge in [-0.2, -0.15) is 0 Å². The summed E-state index contributed by atoms with van der Waals surface area (Å²) >= 11 is 0. The SMILES string of the molecule is CC1CC(=O)NC2CC(NC(=O)CNC(=O)c3ccccc3)CCC12. The number of piperidine rings is 1. The lowest BCUT2D eigenvalue weighted by Gasteiger charge is -2.43. The Bertz CT molecular complexity index is 647.